The summed E-state index contributed by atoms with van der Waals surface area (Å²) in [5.74, 6) is 0.0681. The van der Waals surface area contributed by atoms with Crippen LogP contribution in [0.4, 0.5) is 0 Å². The Labute approximate surface area is 102 Å². The quantitative estimate of drug-likeness (QED) is 0.695. The minimum atomic E-state index is -0.794. The highest BCUT2D eigenvalue weighted by atomic mass is 32.1. The van der Waals surface area contributed by atoms with Crippen LogP contribution in [0.3, 0.4) is 0 Å². The molecule has 1 saturated heterocycles. The van der Waals surface area contributed by atoms with E-state index in [1.165, 1.54) is 0 Å². The van der Waals surface area contributed by atoms with E-state index in [1.807, 2.05) is 6.92 Å². The second-order valence-electron chi connectivity index (χ2n) is 5.07. The molecule has 0 bridgehead atoms. The number of likely N-dealkylation sites (tertiary alicyclic amines) is 1. The summed E-state index contributed by atoms with van der Waals surface area (Å²) in [5, 5.41) is 9.60. The van der Waals surface area contributed by atoms with E-state index >= 15 is 0 Å². The van der Waals surface area contributed by atoms with Gasteiger partial charge >= 0.3 is 0 Å². The standard InChI is InChI=1S/C11H20N2O2S/c1-7-6-13(5-4-8(7)14)10(15)11(2,3)9(12)16/h7-8,14H,4-6H2,1-3H3,(H2,12,16). The summed E-state index contributed by atoms with van der Waals surface area (Å²) in [4.78, 5) is 14.2. The van der Waals surface area contributed by atoms with Gasteiger partial charge in [0, 0.05) is 13.1 Å². The van der Waals surface area contributed by atoms with Gasteiger partial charge in [0.15, 0.2) is 0 Å². The second kappa shape index (κ2) is 4.67. The van der Waals surface area contributed by atoms with Crippen molar-refractivity contribution in [1.29, 1.82) is 0 Å². The Morgan fingerprint density at radius 2 is 2.12 bits per heavy atom. The lowest BCUT2D eigenvalue weighted by Crippen LogP contribution is -2.52. The Kier molecular flexibility index (Phi) is 3.91. The molecule has 0 aromatic rings. The maximum Gasteiger partial charge on any atom is 0.235 e. The highest BCUT2D eigenvalue weighted by Gasteiger charge is 2.37. The van der Waals surface area contributed by atoms with E-state index in [1.54, 1.807) is 18.7 Å². The van der Waals surface area contributed by atoms with Crippen LogP contribution in [-0.2, 0) is 4.79 Å². The van der Waals surface area contributed by atoms with Crippen molar-refractivity contribution in [2.45, 2.75) is 33.3 Å². The van der Waals surface area contributed by atoms with Gasteiger partial charge < -0.3 is 15.7 Å². The van der Waals surface area contributed by atoms with Gasteiger partial charge in [-0.05, 0) is 26.2 Å². The van der Waals surface area contributed by atoms with E-state index in [4.69, 9.17) is 18.0 Å². The average molecular weight is 244 g/mol. The third-order valence-electron chi connectivity index (χ3n) is 3.30. The van der Waals surface area contributed by atoms with Crippen LogP contribution in [0, 0.1) is 11.3 Å². The van der Waals surface area contributed by atoms with Gasteiger partial charge in [-0.2, -0.15) is 0 Å². The molecule has 1 aliphatic rings. The number of amides is 1. The molecular weight excluding hydrogens is 224 g/mol. The molecule has 16 heavy (non-hydrogen) atoms. The number of piperidine rings is 1. The number of carbonyl (C=O) groups is 1. The molecule has 0 aromatic carbocycles. The number of hydrogen-bond acceptors (Lipinski definition) is 3. The third kappa shape index (κ3) is 2.52. The molecule has 2 unspecified atom stereocenters. The van der Waals surface area contributed by atoms with E-state index in [-0.39, 0.29) is 22.9 Å². The summed E-state index contributed by atoms with van der Waals surface area (Å²) in [7, 11) is 0. The van der Waals surface area contributed by atoms with E-state index in [0.29, 0.717) is 19.5 Å². The highest BCUT2D eigenvalue weighted by molar-refractivity contribution is 7.80. The number of rotatable bonds is 2. The van der Waals surface area contributed by atoms with Gasteiger partial charge in [0.2, 0.25) is 5.91 Å². The van der Waals surface area contributed by atoms with Gasteiger partial charge in [-0.1, -0.05) is 19.1 Å². The van der Waals surface area contributed by atoms with Crippen LogP contribution in [0.2, 0.25) is 0 Å². The van der Waals surface area contributed by atoms with Gasteiger partial charge in [-0.3, -0.25) is 4.79 Å². The first-order chi connectivity index (χ1) is 7.26. The molecule has 3 N–H and O–H groups in total. The molecule has 0 aromatic heterocycles. The molecule has 1 aliphatic heterocycles. The molecular formula is C11H20N2O2S. The number of hydrogen-bond donors (Lipinski definition) is 2. The summed E-state index contributed by atoms with van der Waals surface area (Å²) < 4.78 is 0. The van der Waals surface area contributed by atoms with Gasteiger partial charge in [-0.15, -0.1) is 0 Å². The lowest BCUT2D eigenvalue weighted by Gasteiger charge is -2.38. The highest BCUT2D eigenvalue weighted by Crippen LogP contribution is 2.24. The fraction of sp³-hybridized carbons (Fsp3) is 0.818. The fourth-order valence-corrected chi connectivity index (χ4v) is 1.91. The molecule has 1 amide bonds. The van der Waals surface area contributed by atoms with Crippen LogP contribution in [0.25, 0.3) is 0 Å². The molecule has 1 heterocycles. The number of nitrogens with two attached hydrogens (primary N) is 1. The van der Waals surface area contributed by atoms with Crippen molar-refractivity contribution in [2.24, 2.45) is 17.1 Å². The van der Waals surface area contributed by atoms with Crippen molar-refractivity contribution in [3.63, 3.8) is 0 Å². The van der Waals surface area contributed by atoms with Crippen LogP contribution < -0.4 is 5.73 Å². The fourth-order valence-electron chi connectivity index (χ4n) is 1.82. The van der Waals surface area contributed by atoms with Crippen LogP contribution >= 0.6 is 12.2 Å². The van der Waals surface area contributed by atoms with Crippen LogP contribution in [0.5, 0.6) is 0 Å². The minimum Gasteiger partial charge on any atom is -0.393 e. The maximum atomic E-state index is 12.2. The van der Waals surface area contributed by atoms with Crippen molar-refractivity contribution < 1.29 is 9.90 Å². The molecule has 4 nitrogen and oxygen atoms in total. The summed E-state index contributed by atoms with van der Waals surface area (Å²) in [6.07, 6.45) is 0.317. The molecule has 0 saturated carbocycles. The first-order valence-electron chi connectivity index (χ1n) is 5.54. The van der Waals surface area contributed by atoms with E-state index < -0.39 is 5.41 Å². The monoisotopic (exact) mass is 244 g/mol. The molecule has 5 heteroatoms. The van der Waals surface area contributed by atoms with Crippen LogP contribution in [0.1, 0.15) is 27.2 Å². The SMILES string of the molecule is CC1CN(C(=O)C(C)(C)C(N)=S)CCC1O. The molecule has 1 rings (SSSR count). The number of aliphatic hydroxyl groups is 1. The zero-order valence-corrected chi connectivity index (χ0v) is 10.9. The Bertz CT molecular complexity index is 304. The van der Waals surface area contributed by atoms with Crippen molar-refractivity contribution in [2.75, 3.05) is 13.1 Å². The Balaban J connectivity index is 2.73. The van der Waals surface area contributed by atoms with Gasteiger partial charge in [0.05, 0.1) is 16.5 Å². The zero-order chi connectivity index (χ0) is 12.5. The van der Waals surface area contributed by atoms with Crippen LogP contribution in [0.15, 0.2) is 0 Å². The van der Waals surface area contributed by atoms with Gasteiger partial charge in [0.25, 0.3) is 0 Å². The minimum absolute atomic E-state index is 0.0428. The van der Waals surface area contributed by atoms with Crippen LogP contribution in [-0.4, -0.2) is 40.1 Å². The Morgan fingerprint density at radius 1 is 1.56 bits per heavy atom. The predicted octanol–water partition coefficient (Wildman–Crippen LogP) is 0.528. The van der Waals surface area contributed by atoms with E-state index in [2.05, 4.69) is 0 Å². The van der Waals surface area contributed by atoms with E-state index in [0.717, 1.165) is 0 Å². The van der Waals surface area contributed by atoms with Crippen molar-refractivity contribution in [1.82, 2.24) is 4.90 Å². The van der Waals surface area contributed by atoms with Gasteiger partial charge in [0.1, 0.15) is 0 Å². The molecule has 0 aliphatic carbocycles. The summed E-state index contributed by atoms with van der Waals surface area (Å²) >= 11 is 4.91. The van der Waals surface area contributed by atoms with Crippen molar-refractivity contribution >= 4 is 23.1 Å². The molecule has 92 valence electrons. The Hall–Kier alpha value is -0.680. The van der Waals surface area contributed by atoms with Crippen molar-refractivity contribution in [3.8, 4) is 0 Å². The normalized spacial score (nSPS) is 26.6. The summed E-state index contributed by atoms with van der Waals surface area (Å²) in [5.41, 5.74) is 4.78. The number of thiocarbonyl (C=S) groups is 1. The Morgan fingerprint density at radius 3 is 2.56 bits per heavy atom. The third-order valence-corrected chi connectivity index (χ3v) is 3.81. The second-order valence-corrected chi connectivity index (χ2v) is 5.51. The van der Waals surface area contributed by atoms with E-state index in [9.17, 15) is 9.90 Å². The first kappa shape index (κ1) is 13.4. The molecule has 0 radical (unpaired) electrons. The number of aliphatic hydroxyl groups excluding tert-OH is 1. The topological polar surface area (TPSA) is 66.6 Å². The smallest absolute Gasteiger partial charge is 0.235 e. The average Bonchev–Trinajstić information content (AvgIpc) is 2.20. The van der Waals surface area contributed by atoms with Crippen molar-refractivity contribution in [3.05, 3.63) is 0 Å². The molecule has 0 spiro atoms. The first-order valence-corrected chi connectivity index (χ1v) is 5.95. The number of nitrogens with zero attached hydrogens (tertiary/aromatic N) is 1. The molecule has 1 fully saturated rings. The number of carbonyl (C=O) groups excluding carboxylic acids is 1. The molecule has 2 atom stereocenters. The summed E-state index contributed by atoms with van der Waals surface area (Å²) in [6.45, 7) is 6.58. The summed E-state index contributed by atoms with van der Waals surface area (Å²) in [6, 6.07) is 0. The maximum absolute atomic E-state index is 12.2. The van der Waals surface area contributed by atoms with Gasteiger partial charge in [-0.25, -0.2) is 0 Å². The zero-order valence-electron chi connectivity index (χ0n) is 10.1. The lowest BCUT2D eigenvalue weighted by molar-refractivity contribution is -0.140. The predicted molar refractivity (Wildman–Crippen MR) is 66.9 cm³/mol. The largest absolute Gasteiger partial charge is 0.393 e. The lowest BCUT2D eigenvalue weighted by atomic mass is 9.89.